The number of aliphatic hydroxyl groups is 1. The van der Waals surface area contributed by atoms with Gasteiger partial charge in [0.2, 0.25) is 0 Å². The van der Waals surface area contributed by atoms with Crippen LogP contribution in [0.2, 0.25) is 0 Å². The van der Waals surface area contributed by atoms with Crippen LogP contribution in [-0.4, -0.2) is 34.3 Å². The molecule has 1 fully saturated rings. The van der Waals surface area contributed by atoms with Gasteiger partial charge in [-0.3, -0.25) is 0 Å². The largest absolute Gasteiger partial charge is 0.388 e. The molecule has 1 saturated carbocycles. The summed E-state index contributed by atoms with van der Waals surface area (Å²) in [6, 6.07) is 0. The van der Waals surface area contributed by atoms with Gasteiger partial charge in [0.15, 0.2) is 0 Å². The highest BCUT2D eigenvalue weighted by Crippen LogP contribution is 2.33. The lowest BCUT2D eigenvalue weighted by molar-refractivity contribution is 0.0557. The molecule has 110 valence electrons. The molecule has 0 aliphatic heterocycles. The molecule has 0 bridgehead atoms. The van der Waals surface area contributed by atoms with E-state index in [4.69, 9.17) is 0 Å². The summed E-state index contributed by atoms with van der Waals surface area (Å²) in [5.41, 5.74) is 2.02. The fourth-order valence-corrected chi connectivity index (χ4v) is 3.72. The van der Waals surface area contributed by atoms with E-state index in [0.717, 1.165) is 50.2 Å². The number of likely N-dealkylation sites (N-methyl/N-ethyl adjacent to an activating group) is 1. The Morgan fingerprint density at radius 1 is 1.10 bits per heavy atom. The summed E-state index contributed by atoms with van der Waals surface area (Å²) in [6.45, 7) is 2.66. The molecule has 2 aliphatic carbocycles. The highest BCUT2D eigenvalue weighted by molar-refractivity contribution is 5.50. The van der Waals surface area contributed by atoms with Gasteiger partial charge in [0.1, 0.15) is 11.6 Å². The second-order valence-corrected chi connectivity index (χ2v) is 6.51. The van der Waals surface area contributed by atoms with E-state index in [2.05, 4.69) is 21.9 Å². The van der Waals surface area contributed by atoms with Gasteiger partial charge in [-0.15, -0.1) is 0 Å². The van der Waals surface area contributed by atoms with E-state index in [9.17, 15) is 5.11 Å². The Kier molecular flexibility index (Phi) is 3.67. The number of nitrogens with zero attached hydrogens (tertiary/aromatic N) is 3. The van der Waals surface area contributed by atoms with Crippen molar-refractivity contribution in [2.45, 2.75) is 63.9 Å². The molecule has 0 unspecified atom stereocenters. The first kappa shape index (κ1) is 13.8. The molecule has 1 heterocycles. The Labute approximate surface area is 121 Å². The summed E-state index contributed by atoms with van der Waals surface area (Å²) in [5.74, 6) is 1.90. The molecule has 1 N–H and O–H groups in total. The smallest absolute Gasteiger partial charge is 0.135 e. The van der Waals surface area contributed by atoms with Crippen LogP contribution in [0.15, 0.2) is 0 Å². The first-order valence-electron chi connectivity index (χ1n) is 7.87. The number of aryl methyl sites for hydroxylation is 2. The number of hydrogen-bond acceptors (Lipinski definition) is 4. The number of aromatic nitrogens is 2. The van der Waals surface area contributed by atoms with E-state index >= 15 is 0 Å². The summed E-state index contributed by atoms with van der Waals surface area (Å²) in [5, 5.41) is 10.6. The van der Waals surface area contributed by atoms with Gasteiger partial charge in [0, 0.05) is 24.8 Å². The fourth-order valence-electron chi connectivity index (χ4n) is 3.72. The second kappa shape index (κ2) is 5.32. The Morgan fingerprint density at radius 3 is 2.55 bits per heavy atom. The van der Waals surface area contributed by atoms with Gasteiger partial charge in [-0.05, 0) is 45.4 Å². The minimum absolute atomic E-state index is 0.519. The summed E-state index contributed by atoms with van der Waals surface area (Å²) in [7, 11) is 2.06. The molecule has 0 amide bonds. The molecule has 2 aliphatic rings. The molecule has 0 atom stereocenters. The summed E-state index contributed by atoms with van der Waals surface area (Å²) >= 11 is 0. The maximum atomic E-state index is 10.6. The van der Waals surface area contributed by atoms with Gasteiger partial charge in [-0.1, -0.05) is 12.8 Å². The van der Waals surface area contributed by atoms with Gasteiger partial charge >= 0.3 is 0 Å². The molecular weight excluding hydrogens is 250 g/mol. The van der Waals surface area contributed by atoms with E-state index in [1.807, 2.05) is 6.92 Å². The summed E-state index contributed by atoms with van der Waals surface area (Å²) in [4.78, 5) is 11.4. The highest BCUT2D eigenvalue weighted by Gasteiger charge is 2.33. The van der Waals surface area contributed by atoms with Crippen LogP contribution in [0.25, 0.3) is 0 Å². The van der Waals surface area contributed by atoms with E-state index in [1.54, 1.807) is 0 Å². The normalized spacial score (nSPS) is 20.8. The third-order valence-corrected chi connectivity index (χ3v) is 4.70. The summed E-state index contributed by atoms with van der Waals surface area (Å²) in [6.07, 6.45) is 8.74. The first-order chi connectivity index (χ1) is 9.57. The number of anilines is 1. The van der Waals surface area contributed by atoms with Crippen molar-refractivity contribution in [3.63, 3.8) is 0 Å². The van der Waals surface area contributed by atoms with Crippen LogP contribution in [-0.2, 0) is 12.8 Å². The van der Waals surface area contributed by atoms with Crippen LogP contribution in [0.1, 0.15) is 55.6 Å². The zero-order valence-electron chi connectivity index (χ0n) is 12.7. The van der Waals surface area contributed by atoms with Crippen molar-refractivity contribution < 1.29 is 5.11 Å². The molecule has 0 aromatic carbocycles. The third-order valence-electron chi connectivity index (χ3n) is 4.70. The molecule has 20 heavy (non-hydrogen) atoms. The average molecular weight is 275 g/mol. The maximum absolute atomic E-state index is 10.6. The van der Waals surface area contributed by atoms with Crippen molar-refractivity contribution in [3.05, 3.63) is 17.1 Å². The predicted molar refractivity (Wildman–Crippen MR) is 80.1 cm³/mol. The molecule has 1 aromatic rings. The van der Waals surface area contributed by atoms with Crippen molar-refractivity contribution >= 4 is 5.82 Å². The lowest BCUT2D eigenvalue weighted by Crippen LogP contribution is -2.40. The Bertz CT molecular complexity index is 495. The van der Waals surface area contributed by atoms with E-state index < -0.39 is 5.60 Å². The summed E-state index contributed by atoms with van der Waals surface area (Å²) < 4.78 is 0. The first-order valence-corrected chi connectivity index (χ1v) is 7.87. The third kappa shape index (κ3) is 2.66. The highest BCUT2D eigenvalue weighted by atomic mass is 16.3. The Morgan fingerprint density at radius 2 is 1.80 bits per heavy atom. The monoisotopic (exact) mass is 275 g/mol. The van der Waals surface area contributed by atoms with Crippen molar-refractivity contribution in [3.8, 4) is 0 Å². The standard InChI is InChI=1S/C16H25N3O/c1-12-17-14-8-4-3-7-13(14)15(18-12)19(2)11-16(20)9-5-6-10-16/h20H,3-11H2,1-2H3. The molecule has 0 spiro atoms. The Balaban J connectivity index is 1.87. The maximum Gasteiger partial charge on any atom is 0.135 e. The van der Waals surface area contributed by atoms with E-state index in [1.165, 1.54) is 24.1 Å². The predicted octanol–water partition coefficient (Wildman–Crippen LogP) is 2.41. The van der Waals surface area contributed by atoms with Gasteiger partial charge in [0.05, 0.1) is 5.60 Å². The van der Waals surface area contributed by atoms with Crippen LogP contribution in [0.5, 0.6) is 0 Å². The zero-order valence-corrected chi connectivity index (χ0v) is 12.7. The van der Waals surface area contributed by atoms with Gasteiger partial charge < -0.3 is 10.0 Å². The quantitative estimate of drug-likeness (QED) is 0.920. The Hall–Kier alpha value is -1.16. The van der Waals surface area contributed by atoms with Crippen molar-refractivity contribution in [2.75, 3.05) is 18.5 Å². The van der Waals surface area contributed by atoms with Crippen LogP contribution in [0.3, 0.4) is 0 Å². The molecule has 4 heteroatoms. The van der Waals surface area contributed by atoms with E-state index in [0.29, 0.717) is 6.54 Å². The van der Waals surface area contributed by atoms with Crippen molar-refractivity contribution in [2.24, 2.45) is 0 Å². The lowest BCUT2D eigenvalue weighted by atomic mass is 9.95. The molecule has 3 rings (SSSR count). The SMILES string of the molecule is Cc1nc2c(c(N(C)CC3(O)CCCC3)n1)CCCC2. The molecular formula is C16H25N3O. The minimum Gasteiger partial charge on any atom is -0.388 e. The zero-order chi connectivity index (χ0) is 14.2. The lowest BCUT2D eigenvalue weighted by Gasteiger charge is -2.31. The molecule has 1 aromatic heterocycles. The van der Waals surface area contributed by atoms with Crippen molar-refractivity contribution in [1.29, 1.82) is 0 Å². The number of rotatable bonds is 3. The second-order valence-electron chi connectivity index (χ2n) is 6.51. The minimum atomic E-state index is -0.519. The van der Waals surface area contributed by atoms with Gasteiger partial charge in [0.25, 0.3) is 0 Å². The molecule has 0 saturated heterocycles. The van der Waals surface area contributed by atoms with Crippen LogP contribution in [0.4, 0.5) is 5.82 Å². The van der Waals surface area contributed by atoms with Gasteiger partial charge in [-0.25, -0.2) is 9.97 Å². The van der Waals surface area contributed by atoms with Gasteiger partial charge in [-0.2, -0.15) is 0 Å². The average Bonchev–Trinajstić information content (AvgIpc) is 2.84. The van der Waals surface area contributed by atoms with Crippen molar-refractivity contribution in [1.82, 2.24) is 9.97 Å². The van der Waals surface area contributed by atoms with Crippen LogP contribution < -0.4 is 4.90 Å². The molecule has 0 radical (unpaired) electrons. The number of hydrogen-bond donors (Lipinski definition) is 1. The van der Waals surface area contributed by atoms with E-state index in [-0.39, 0.29) is 0 Å². The van der Waals surface area contributed by atoms with Crippen LogP contribution >= 0.6 is 0 Å². The van der Waals surface area contributed by atoms with Crippen LogP contribution in [0, 0.1) is 6.92 Å². The molecule has 4 nitrogen and oxygen atoms in total. The topological polar surface area (TPSA) is 49.2 Å². The fraction of sp³-hybridized carbons (Fsp3) is 0.750. The number of fused-ring (bicyclic) bond motifs is 1.